The third-order valence-corrected chi connectivity index (χ3v) is 6.01. The second-order valence-electron chi connectivity index (χ2n) is 5.72. The van der Waals surface area contributed by atoms with Crippen LogP contribution in [0.3, 0.4) is 0 Å². The summed E-state index contributed by atoms with van der Waals surface area (Å²) in [7, 11) is 2.23. The van der Waals surface area contributed by atoms with Crippen molar-refractivity contribution >= 4 is 45.7 Å². The van der Waals surface area contributed by atoms with Crippen LogP contribution >= 0.6 is 45.7 Å². The second-order valence-corrected chi connectivity index (χ2v) is 8.45. The van der Waals surface area contributed by atoms with E-state index in [4.69, 9.17) is 4.74 Å². The number of morpholine rings is 1. The Morgan fingerprint density at radius 1 is 0.950 bits per heavy atom. The fourth-order valence-corrected chi connectivity index (χ4v) is 4.14. The molecular formula is C13H26I2N4O. The largest absolute Gasteiger partial charge is 0.378 e. The number of ether oxygens (including phenoxy) is 1. The van der Waals surface area contributed by atoms with Crippen LogP contribution in [0.2, 0.25) is 0 Å². The van der Waals surface area contributed by atoms with E-state index >= 15 is 0 Å². The van der Waals surface area contributed by atoms with E-state index in [0.717, 1.165) is 59.0 Å². The van der Waals surface area contributed by atoms with E-state index in [0.29, 0.717) is 12.1 Å². The molecule has 0 amide bonds. The maximum absolute atomic E-state index is 5.88. The average Bonchev–Trinajstić information content (AvgIpc) is 2.42. The minimum atomic E-state index is 0.533. The van der Waals surface area contributed by atoms with Gasteiger partial charge in [0, 0.05) is 97.1 Å². The van der Waals surface area contributed by atoms with E-state index in [1.807, 2.05) is 0 Å². The van der Waals surface area contributed by atoms with Crippen molar-refractivity contribution in [3.63, 3.8) is 0 Å². The maximum Gasteiger partial charge on any atom is 0.0635 e. The molecule has 2 aliphatic rings. The number of hydrogen-bond acceptors (Lipinski definition) is 5. The van der Waals surface area contributed by atoms with Crippen molar-refractivity contribution in [2.45, 2.75) is 19.0 Å². The van der Waals surface area contributed by atoms with Crippen LogP contribution in [0, 0.1) is 0 Å². The van der Waals surface area contributed by atoms with Crippen molar-refractivity contribution in [1.29, 1.82) is 0 Å². The molecule has 0 radical (unpaired) electrons. The van der Waals surface area contributed by atoms with Crippen LogP contribution in [0.25, 0.3) is 0 Å². The van der Waals surface area contributed by atoms with Gasteiger partial charge < -0.3 is 9.64 Å². The lowest BCUT2D eigenvalue weighted by Crippen LogP contribution is -2.58. The molecule has 2 saturated heterocycles. The highest BCUT2D eigenvalue weighted by Crippen LogP contribution is 2.18. The molecule has 2 rings (SSSR count). The summed E-state index contributed by atoms with van der Waals surface area (Å²) >= 11 is 4.93. The first-order valence-electron chi connectivity index (χ1n) is 7.43. The molecule has 0 spiro atoms. The molecule has 2 bridgehead atoms. The molecular weight excluding hydrogens is 482 g/mol. The van der Waals surface area contributed by atoms with Crippen molar-refractivity contribution in [3.05, 3.63) is 0 Å². The Hall–Kier alpha value is 1.26. The van der Waals surface area contributed by atoms with Gasteiger partial charge in [-0.15, -0.1) is 0 Å². The van der Waals surface area contributed by atoms with Crippen LogP contribution in [0.15, 0.2) is 0 Å². The van der Waals surface area contributed by atoms with Gasteiger partial charge in [0.05, 0.1) is 13.2 Å². The molecule has 118 valence electrons. The third kappa shape index (κ3) is 5.17. The summed E-state index contributed by atoms with van der Waals surface area (Å²) < 4.78 is 10.7. The van der Waals surface area contributed by atoms with Gasteiger partial charge in [0.15, 0.2) is 0 Å². The van der Waals surface area contributed by atoms with Gasteiger partial charge in [-0.05, 0) is 13.6 Å². The van der Waals surface area contributed by atoms with E-state index in [-0.39, 0.29) is 0 Å². The molecule has 0 aliphatic carbocycles. The molecule has 2 fully saturated rings. The smallest absolute Gasteiger partial charge is 0.0635 e. The first-order valence-corrected chi connectivity index (χ1v) is 9.36. The molecule has 0 aromatic rings. The highest BCUT2D eigenvalue weighted by atomic mass is 127. The Balaban J connectivity index is 2.06. The zero-order valence-corrected chi connectivity index (χ0v) is 16.8. The van der Waals surface area contributed by atoms with Gasteiger partial charge in [0.25, 0.3) is 0 Å². The topological polar surface area (TPSA) is 22.2 Å². The lowest BCUT2D eigenvalue weighted by Gasteiger charge is -2.44. The quantitative estimate of drug-likeness (QED) is 0.393. The van der Waals surface area contributed by atoms with Crippen LogP contribution in [0.4, 0.5) is 0 Å². The third-order valence-electron chi connectivity index (χ3n) is 4.16. The minimum absolute atomic E-state index is 0.533. The van der Waals surface area contributed by atoms with E-state index in [9.17, 15) is 0 Å². The zero-order valence-electron chi connectivity index (χ0n) is 12.5. The highest BCUT2D eigenvalue weighted by Gasteiger charge is 2.32. The van der Waals surface area contributed by atoms with E-state index in [1.165, 1.54) is 0 Å². The monoisotopic (exact) mass is 508 g/mol. The fourth-order valence-electron chi connectivity index (χ4n) is 3.04. The maximum atomic E-state index is 5.88. The average molecular weight is 508 g/mol. The van der Waals surface area contributed by atoms with Gasteiger partial charge in [-0.1, -0.05) is 6.92 Å². The minimum Gasteiger partial charge on any atom is -0.378 e. The van der Waals surface area contributed by atoms with Crippen molar-refractivity contribution in [2.75, 3.05) is 66.1 Å². The number of fused-ring (bicyclic) bond motifs is 2. The number of halogens is 2. The van der Waals surface area contributed by atoms with Crippen molar-refractivity contribution in [2.24, 2.45) is 0 Å². The van der Waals surface area contributed by atoms with Crippen molar-refractivity contribution < 1.29 is 4.74 Å². The Labute approximate surface area is 150 Å². The summed E-state index contributed by atoms with van der Waals surface area (Å²) in [4.78, 5) is 5.10. The van der Waals surface area contributed by atoms with Gasteiger partial charge in [-0.25, -0.2) is 6.23 Å². The van der Waals surface area contributed by atoms with Crippen LogP contribution in [0.1, 0.15) is 6.92 Å². The Morgan fingerprint density at radius 3 is 2.25 bits per heavy atom. The van der Waals surface area contributed by atoms with E-state index in [2.05, 4.69) is 75.7 Å². The summed E-state index contributed by atoms with van der Waals surface area (Å²) in [5, 5.41) is 0. The van der Waals surface area contributed by atoms with E-state index < -0.39 is 0 Å². The fraction of sp³-hybridized carbons (Fsp3) is 1.00. The first kappa shape index (κ1) is 17.6. The highest BCUT2D eigenvalue weighted by molar-refractivity contribution is 14.1. The lowest BCUT2D eigenvalue weighted by molar-refractivity contribution is -0.0579. The Morgan fingerprint density at radius 2 is 1.55 bits per heavy atom. The normalized spacial score (nSPS) is 33.6. The predicted molar refractivity (Wildman–Crippen MR) is 99.5 cm³/mol. The SMILES string of the molecule is CCN1C2COCC1CN(I)CCN(I)CCN(C)C2. The summed E-state index contributed by atoms with van der Waals surface area (Å²) in [6.45, 7) is 11.9. The molecule has 7 heteroatoms. The van der Waals surface area contributed by atoms with Gasteiger partial charge >= 0.3 is 0 Å². The van der Waals surface area contributed by atoms with Crippen LogP contribution in [-0.4, -0.2) is 94.2 Å². The van der Waals surface area contributed by atoms with Crippen LogP contribution in [-0.2, 0) is 4.74 Å². The number of rotatable bonds is 1. The van der Waals surface area contributed by atoms with Crippen LogP contribution in [0.5, 0.6) is 0 Å². The molecule has 0 aromatic carbocycles. The molecule has 0 aromatic heterocycles. The molecule has 2 heterocycles. The van der Waals surface area contributed by atoms with Crippen molar-refractivity contribution in [3.8, 4) is 0 Å². The molecule has 2 atom stereocenters. The summed E-state index contributed by atoms with van der Waals surface area (Å²) in [5.74, 6) is 0. The summed E-state index contributed by atoms with van der Waals surface area (Å²) in [6, 6.07) is 1.07. The molecule has 0 N–H and O–H groups in total. The Bertz CT molecular complexity index is 274. The molecule has 0 saturated carbocycles. The predicted octanol–water partition coefficient (Wildman–Crippen LogP) is 1.33. The molecule has 2 unspecified atom stereocenters. The number of likely N-dealkylation sites (N-methyl/N-ethyl adjacent to an activating group) is 2. The summed E-state index contributed by atoms with van der Waals surface area (Å²) in [5.41, 5.74) is 0. The number of hydrogen-bond donors (Lipinski definition) is 0. The zero-order chi connectivity index (χ0) is 14.5. The second kappa shape index (κ2) is 8.78. The van der Waals surface area contributed by atoms with E-state index in [1.54, 1.807) is 0 Å². The van der Waals surface area contributed by atoms with Gasteiger partial charge in [0.1, 0.15) is 0 Å². The first-order chi connectivity index (χ1) is 9.60. The lowest BCUT2D eigenvalue weighted by atomic mass is 10.1. The van der Waals surface area contributed by atoms with Crippen LogP contribution < -0.4 is 0 Å². The molecule has 5 nitrogen and oxygen atoms in total. The van der Waals surface area contributed by atoms with Gasteiger partial charge in [-0.3, -0.25) is 4.90 Å². The standard InChI is InChI=1S/C13H26I2N4O/c1-3-19-12-8-16(2)4-5-17(14)6-7-18(15)9-13(19)11-20-10-12/h12-13H,3-11H2,1-2H3. The molecule has 2 aliphatic heterocycles. The summed E-state index contributed by atoms with van der Waals surface area (Å²) in [6.07, 6.45) is 0. The van der Waals surface area contributed by atoms with Gasteiger partial charge in [-0.2, -0.15) is 0 Å². The molecule has 20 heavy (non-hydrogen) atoms. The Kier molecular flexibility index (Phi) is 7.73. The number of nitrogens with zero attached hydrogens (tertiary/aromatic N) is 4. The van der Waals surface area contributed by atoms with Gasteiger partial charge in [0.2, 0.25) is 0 Å². The van der Waals surface area contributed by atoms with Crippen molar-refractivity contribution in [1.82, 2.24) is 16.0 Å².